The van der Waals surface area contributed by atoms with Gasteiger partial charge in [-0.25, -0.2) is 4.98 Å². The van der Waals surface area contributed by atoms with E-state index in [1.807, 2.05) is 30.5 Å². The van der Waals surface area contributed by atoms with Crippen molar-refractivity contribution in [1.82, 2.24) is 15.2 Å². The smallest absolute Gasteiger partial charge is 0.224 e. The Balaban J connectivity index is 1.59. The van der Waals surface area contributed by atoms with E-state index in [9.17, 15) is 4.79 Å². The van der Waals surface area contributed by atoms with Gasteiger partial charge in [0.1, 0.15) is 5.82 Å². The van der Waals surface area contributed by atoms with Crippen molar-refractivity contribution in [3.63, 3.8) is 0 Å². The van der Waals surface area contributed by atoms with Crippen LogP contribution in [0.25, 0.3) is 0 Å². The molecule has 1 saturated heterocycles. The molecule has 1 aromatic carbocycles. The van der Waals surface area contributed by atoms with Gasteiger partial charge in [-0.3, -0.25) is 4.79 Å². The molecular formula is C19H23ClN4O. The van der Waals surface area contributed by atoms with Crippen LogP contribution in [0.5, 0.6) is 0 Å². The highest BCUT2D eigenvalue weighted by Gasteiger charge is 2.18. The van der Waals surface area contributed by atoms with Gasteiger partial charge in [0.05, 0.1) is 6.42 Å². The zero-order chi connectivity index (χ0) is 17.6. The number of nitrogens with one attached hydrogen (secondary N) is 1. The Bertz CT molecular complexity index is 712. The lowest BCUT2D eigenvalue weighted by molar-refractivity contribution is -0.120. The second kappa shape index (κ2) is 8.32. The summed E-state index contributed by atoms with van der Waals surface area (Å²) in [6.45, 7) is 4.46. The minimum Gasteiger partial charge on any atom is -0.354 e. The molecule has 25 heavy (non-hydrogen) atoms. The van der Waals surface area contributed by atoms with E-state index in [1.54, 1.807) is 12.1 Å². The standard InChI is InChI=1S/C19H23ClN4O/c1-23-9-11-24(12-10-23)19-16(3-2-8-21-19)14-22-18(25)13-15-4-6-17(20)7-5-15/h2-8H,9-14H2,1H3,(H,22,25). The van der Waals surface area contributed by atoms with Crippen molar-refractivity contribution in [2.24, 2.45) is 0 Å². The van der Waals surface area contributed by atoms with Crippen molar-refractivity contribution in [3.8, 4) is 0 Å². The first-order valence-corrected chi connectivity index (χ1v) is 8.88. The molecule has 0 unspecified atom stereocenters. The highest BCUT2D eigenvalue weighted by atomic mass is 35.5. The van der Waals surface area contributed by atoms with Crippen molar-refractivity contribution in [2.75, 3.05) is 38.1 Å². The zero-order valence-electron chi connectivity index (χ0n) is 14.4. The van der Waals surface area contributed by atoms with E-state index in [2.05, 4.69) is 27.1 Å². The first-order valence-electron chi connectivity index (χ1n) is 8.50. The fourth-order valence-electron chi connectivity index (χ4n) is 2.92. The van der Waals surface area contributed by atoms with Gasteiger partial charge in [0.25, 0.3) is 0 Å². The van der Waals surface area contributed by atoms with Crippen LogP contribution in [0.1, 0.15) is 11.1 Å². The SMILES string of the molecule is CN1CCN(c2ncccc2CNC(=O)Cc2ccc(Cl)cc2)CC1. The van der Waals surface area contributed by atoms with Crippen molar-refractivity contribution in [2.45, 2.75) is 13.0 Å². The average molecular weight is 359 g/mol. The highest BCUT2D eigenvalue weighted by Crippen LogP contribution is 2.18. The number of nitrogens with zero attached hydrogens (tertiary/aromatic N) is 3. The third-order valence-electron chi connectivity index (χ3n) is 4.42. The normalized spacial score (nSPS) is 15.2. The van der Waals surface area contributed by atoms with E-state index < -0.39 is 0 Å². The van der Waals surface area contributed by atoms with Gasteiger partial charge in [-0.1, -0.05) is 29.8 Å². The lowest BCUT2D eigenvalue weighted by Crippen LogP contribution is -2.45. The van der Waals surface area contributed by atoms with Crippen molar-refractivity contribution in [1.29, 1.82) is 0 Å². The van der Waals surface area contributed by atoms with Crippen LogP contribution in [0.4, 0.5) is 5.82 Å². The van der Waals surface area contributed by atoms with Crippen LogP contribution in [0.2, 0.25) is 5.02 Å². The van der Waals surface area contributed by atoms with Crippen LogP contribution in [-0.4, -0.2) is 49.0 Å². The number of likely N-dealkylation sites (N-methyl/N-ethyl adjacent to an activating group) is 1. The molecule has 1 fully saturated rings. The Hall–Kier alpha value is -2.11. The number of anilines is 1. The predicted octanol–water partition coefficient (Wildman–Crippen LogP) is 2.35. The molecule has 2 aromatic rings. The maximum Gasteiger partial charge on any atom is 0.224 e. The van der Waals surface area contributed by atoms with Gasteiger partial charge < -0.3 is 15.1 Å². The quantitative estimate of drug-likeness (QED) is 0.891. The summed E-state index contributed by atoms with van der Waals surface area (Å²) in [5.74, 6) is 0.970. The Labute approximate surface area is 153 Å². The number of hydrogen-bond donors (Lipinski definition) is 1. The zero-order valence-corrected chi connectivity index (χ0v) is 15.2. The van der Waals surface area contributed by atoms with E-state index in [-0.39, 0.29) is 5.91 Å². The molecule has 132 valence electrons. The average Bonchev–Trinajstić information content (AvgIpc) is 2.63. The van der Waals surface area contributed by atoms with E-state index in [0.717, 1.165) is 43.1 Å². The molecule has 1 aliphatic heterocycles. The fourth-order valence-corrected chi connectivity index (χ4v) is 3.04. The molecular weight excluding hydrogens is 336 g/mol. The summed E-state index contributed by atoms with van der Waals surface area (Å²) in [4.78, 5) is 21.4. The van der Waals surface area contributed by atoms with Crippen molar-refractivity contribution < 1.29 is 4.79 Å². The predicted molar refractivity (Wildman–Crippen MR) is 101 cm³/mol. The Morgan fingerprint density at radius 3 is 2.60 bits per heavy atom. The molecule has 0 spiro atoms. The second-order valence-corrected chi connectivity index (χ2v) is 6.79. The number of rotatable bonds is 5. The van der Waals surface area contributed by atoms with Gasteiger partial charge in [0, 0.05) is 49.5 Å². The summed E-state index contributed by atoms with van der Waals surface area (Å²) in [5.41, 5.74) is 2.00. The van der Waals surface area contributed by atoms with Gasteiger partial charge in [0.15, 0.2) is 0 Å². The summed E-state index contributed by atoms with van der Waals surface area (Å²) in [6.07, 6.45) is 2.16. The lowest BCUT2D eigenvalue weighted by Gasteiger charge is -2.34. The maximum absolute atomic E-state index is 12.2. The molecule has 1 aromatic heterocycles. The largest absolute Gasteiger partial charge is 0.354 e. The van der Waals surface area contributed by atoms with Crippen LogP contribution in [0.3, 0.4) is 0 Å². The number of benzene rings is 1. The minimum absolute atomic E-state index is 0.00416. The number of hydrogen-bond acceptors (Lipinski definition) is 4. The molecule has 3 rings (SSSR count). The second-order valence-electron chi connectivity index (χ2n) is 6.36. The first kappa shape index (κ1) is 17.7. The number of piperazine rings is 1. The van der Waals surface area contributed by atoms with Crippen molar-refractivity contribution in [3.05, 3.63) is 58.7 Å². The molecule has 1 N–H and O–H groups in total. The molecule has 6 heteroatoms. The molecule has 5 nitrogen and oxygen atoms in total. The summed E-state index contributed by atoms with van der Waals surface area (Å²) >= 11 is 5.87. The Morgan fingerprint density at radius 1 is 1.16 bits per heavy atom. The van der Waals surface area contributed by atoms with Gasteiger partial charge in [0.2, 0.25) is 5.91 Å². The number of carbonyl (C=O) groups is 1. The molecule has 0 saturated carbocycles. The van der Waals surface area contributed by atoms with Crippen LogP contribution >= 0.6 is 11.6 Å². The topological polar surface area (TPSA) is 48.5 Å². The molecule has 0 radical (unpaired) electrons. The minimum atomic E-state index is -0.00416. The number of carbonyl (C=O) groups excluding carboxylic acids is 1. The summed E-state index contributed by atoms with van der Waals surface area (Å²) in [5, 5.41) is 3.68. The summed E-state index contributed by atoms with van der Waals surface area (Å²) in [6, 6.07) is 11.3. The number of pyridine rings is 1. The van der Waals surface area contributed by atoms with Crippen LogP contribution < -0.4 is 10.2 Å². The van der Waals surface area contributed by atoms with Crippen LogP contribution in [0.15, 0.2) is 42.6 Å². The summed E-state index contributed by atoms with van der Waals surface area (Å²) in [7, 11) is 2.13. The van der Waals surface area contributed by atoms with E-state index in [1.165, 1.54) is 0 Å². The molecule has 0 atom stereocenters. The number of amides is 1. The van der Waals surface area contributed by atoms with Gasteiger partial charge in [-0.15, -0.1) is 0 Å². The Morgan fingerprint density at radius 2 is 1.88 bits per heavy atom. The lowest BCUT2D eigenvalue weighted by atomic mass is 10.1. The Kier molecular flexibility index (Phi) is 5.89. The monoisotopic (exact) mass is 358 g/mol. The molecule has 1 aliphatic rings. The highest BCUT2D eigenvalue weighted by molar-refractivity contribution is 6.30. The van der Waals surface area contributed by atoms with Crippen molar-refractivity contribution >= 4 is 23.3 Å². The van der Waals surface area contributed by atoms with Crippen LogP contribution in [0, 0.1) is 0 Å². The van der Waals surface area contributed by atoms with Gasteiger partial charge in [-0.05, 0) is 30.8 Å². The fraction of sp³-hybridized carbons (Fsp3) is 0.368. The molecule has 0 aliphatic carbocycles. The maximum atomic E-state index is 12.2. The summed E-state index contributed by atoms with van der Waals surface area (Å²) < 4.78 is 0. The van der Waals surface area contributed by atoms with E-state index >= 15 is 0 Å². The molecule has 0 bridgehead atoms. The first-order chi connectivity index (χ1) is 12.1. The van der Waals surface area contributed by atoms with Gasteiger partial charge in [-0.2, -0.15) is 0 Å². The van der Waals surface area contributed by atoms with Crippen LogP contribution in [-0.2, 0) is 17.8 Å². The number of aromatic nitrogens is 1. The van der Waals surface area contributed by atoms with Gasteiger partial charge >= 0.3 is 0 Å². The third-order valence-corrected chi connectivity index (χ3v) is 4.68. The number of halogens is 1. The molecule has 2 heterocycles. The van der Waals surface area contributed by atoms with E-state index in [4.69, 9.17) is 11.6 Å². The molecule has 1 amide bonds. The van der Waals surface area contributed by atoms with E-state index in [0.29, 0.717) is 18.0 Å². The third kappa shape index (κ3) is 4.94.